The topological polar surface area (TPSA) is 59.7 Å². The third-order valence-corrected chi connectivity index (χ3v) is 4.92. The number of piperidine rings is 1. The lowest BCUT2D eigenvalue weighted by Gasteiger charge is -2.32. The zero-order valence-corrected chi connectivity index (χ0v) is 15.6. The van der Waals surface area contributed by atoms with Gasteiger partial charge in [0.1, 0.15) is 11.6 Å². The number of hydrogen-bond acceptors (Lipinski definition) is 5. The van der Waals surface area contributed by atoms with Gasteiger partial charge in [0, 0.05) is 48.5 Å². The van der Waals surface area contributed by atoms with Gasteiger partial charge in [-0.2, -0.15) is 0 Å². The number of aryl methyl sites for hydroxylation is 3. The number of pyridine rings is 1. The van der Waals surface area contributed by atoms with Crippen LogP contribution in [0.2, 0.25) is 0 Å². The molecule has 1 atom stereocenters. The second-order valence-electron chi connectivity index (χ2n) is 7.00. The van der Waals surface area contributed by atoms with Crippen LogP contribution in [0.4, 0.5) is 5.95 Å². The van der Waals surface area contributed by atoms with Crippen molar-refractivity contribution in [3.05, 3.63) is 59.6 Å². The van der Waals surface area contributed by atoms with Crippen LogP contribution < -0.4 is 4.90 Å². The quantitative estimate of drug-likeness (QED) is 0.726. The first kappa shape index (κ1) is 16.7. The average molecular weight is 348 g/mol. The molecule has 3 aromatic rings. The van der Waals surface area contributed by atoms with Crippen molar-refractivity contribution < 1.29 is 0 Å². The highest BCUT2D eigenvalue weighted by Crippen LogP contribution is 2.28. The second-order valence-corrected chi connectivity index (χ2v) is 7.00. The van der Waals surface area contributed by atoms with E-state index in [4.69, 9.17) is 4.98 Å². The van der Waals surface area contributed by atoms with E-state index in [1.54, 1.807) is 0 Å². The molecule has 3 aromatic heterocycles. The molecule has 6 nitrogen and oxygen atoms in total. The minimum atomic E-state index is 0.386. The lowest BCUT2D eigenvalue weighted by Crippen LogP contribution is -2.36. The highest BCUT2D eigenvalue weighted by molar-refractivity contribution is 5.35. The molecule has 0 radical (unpaired) electrons. The lowest BCUT2D eigenvalue weighted by molar-refractivity contribution is 0.494. The second kappa shape index (κ2) is 6.86. The molecule has 0 aromatic carbocycles. The predicted octanol–water partition coefficient (Wildman–Crippen LogP) is 3.37. The largest absolute Gasteiger partial charge is 0.340 e. The van der Waals surface area contributed by atoms with Crippen molar-refractivity contribution in [3.63, 3.8) is 0 Å². The number of anilines is 1. The van der Waals surface area contributed by atoms with Crippen molar-refractivity contribution in [1.29, 1.82) is 0 Å². The third kappa shape index (κ3) is 3.31. The first-order valence-electron chi connectivity index (χ1n) is 9.14. The molecule has 0 spiro atoms. The molecule has 1 saturated heterocycles. The van der Waals surface area contributed by atoms with Crippen LogP contribution in [0, 0.1) is 20.8 Å². The fourth-order valence-corrected chi connectivity index (χ4v) is 3.67. The Morgan fingerprint density at radius 1 is 1.04 bits per heavy atom. The van der Waals surface area contributed by atoms with Gasteiger partial charge < -0.3 is 4.90 Å². The maximum atomic E-state index is 4.92. The van der Waals surface area contributed by atoms with Gasteiger partial charge in [0.15, 0.2) is 0 Å². The molecule has 134 valence electrons. The average Bonchev–Trinajstić information content (AvgIpc) is 3.07. The summed E-state index contributed by atoms with van der Waals surface area (Å²) in [5.74, 6) is 3.10. The van der Waals surface area contributed by atoms with E-state index in [0.717, 1.165) is 60.6 Å². The van der Waals surface area contributed by atoms with Crippen molar-refractivity contribution in [3.8, 4) is 5.82 Å². The van der Waals surface area contributed by atoms with Gasteiger partial charge in [-0.25, -0.2) is 19.9 Å². The summed E-state index contributed by atoms with van der Waals surface area (Å²) in [4.78, 5) is 20.8. The Balaban J connectivity index is 1.59. The summed E-state index contributed by atoms with van der Waals surface area (Å²) in [7, 11) is 0. The van der Waals surface area contributed by atoms with E-state index in [2.05, 4.69) is 32.0 Å². The first-order valence-corrected chi connectivity index (χ1v) is 9.14. The molecule has 0 saturated carbocycles. The van der Waals surface area contributed by atoms with Crippen molar-refractivity contribution >= 4 is 5.95 Å². The number of aromatic nitrogens is 5. The summed E-state index contributed by atoms with van der Waals surface area (Å²) in [5.41, 5.74) is 3.17. The van der Waals surface area contributed by atoms with Crippen LogP contribution in [0.5, 0.6) is 0 Å². The molecule has 0 N–H and O–H groups in total. The van der Waals surface area contributed by atoms with Gasteiger partial charge >= 0.3 is 0 Å². The van der Waals surface area contributed by atoms with Gasteiger partial charge in [-0.3, -0.25) is 4.57 Å². The van der Waals surface area contributed by atoms with E-state index in [1.165, 1.54) is 0 Å². The van der Waals surface area contributed by atoms with E-state index in [-0.39, 0.29) is 0 Å². The van der Waals surface area contributed by atoms with Crippen molar-refractivity contribution in [1.82, 2.24) is 24.5 Å². The van der Waals surface area contributed by atoms with E-state index < -0.39 is 0 Å². The highest BCUT2D eigenvalue weighted by Gasteiger charge is 2.24. The lowest BCUT2D eigenvalue weighted by atomic mass is 9.94. The van der Waals surface area contributed by atoms with Gasteiger partial charge in [-0.05, 0) is 51.8 Å². The number of hydrogen-bond donors (Lipinski definition) is 0. The minimum absolute atomic E-state index is 0.386. The standard InChI is InChI=1S/C20H24N6/c1-14-12-15(2)23-20(22-14)25-10-5-6-17(13-25)18-7-4-8-19(24-18)26-11-9-21-16(26)3/h4,7-9,11-12,17H,5-6,10,13H2,1-3H3. The fraction of sp³-hybridized carbons (Fsp3) is 0.400. The molecule has 1 unspecified atom stereocenters. The summed E-state index contributed by atoms with van der Waals surface area (Å²) in [6.07, 6.45) is 6.03. The van der Waals surface area contributed by atoms with Gasteiger partial charge in [-0.15, -0.1) is 0 Å². The molecule has 6 heteroatoms. The fourth-order valence-electron chi connectivity index (χ4n) is 3.67. The maximum Gasteiger partial charge on any atom is 0.225 e. The van der Waals surface area contributed by atoms with Crippen LogP contribution in [-0.4, -0.2) is 37.6 Å². The summed E-state index contributed by atoms with van der Waals surface area (Å²) >= 11 is 0. The Bertz CT molecular complexity index is 896. The van der Waals surface area contributed by atoms with E-state index in [9.17, 15) is 0 Å². The minimum Gasteiger partial charge on any atom is -0.340 e. The van der Waals surface area contributed by atoms with Gasteiger partial charge in [0.05, 0.1) is 0 Å². The molecule has 0 aliphatic carbocycles. The zero-order valence-electron chi connectivity index (χ0n) is 15.6. The van der Waals surface area contributed by atoms with E-state index >= 15 is 0 Å². The Kier molecular flexibility index (Phi) is 4.41. The van der Waals surface area contributed by atoms with Crippen LogP contribution >= 0.6 is 0 Å². The normalized spacial score (nSPS) is 17.5. The van der Waals surface area contributed by atoms with E-state index in [1.807, 2.05) is 49.9 Å². The molecule has 1 aliphatic rings. The van der Waals surface area contributed by atoms with Crippen LogP contribution in [0.3, 0.4) is 0 Å². The van der Waals surface area contributed by atoms with Crippen molar-refractivity contribution in [2.24, 2.45) is 0 Å². The smallest absolute Gasteiger partial charge is 0.225 e. The summed E-state index contributed by atoms with van der Waals surface area (Å²) in [6.45, 7) is 7.95. The zero-order chi connectivity index (χ0) is 18.1. The number of rotatable bonds is 3. The Morgan fingerprint density at radius 3 is 2.58 bits per heavy atom. The van der Waals surface area contributed by atoms with Crippen molar-refractivity contribution in [2.75, 3.05) is 18.0 Å². The molecule has 1 fully saturated rings. The molecule has 0 amide bonds. The molecule has 1 aliphatic heterocycles. The van der Waals surface area contributed by atoms with Crippen LogP contribution in [0.1, 0.15) is 41.7 Å². The SMILES string of the molecule is Cc1cc(C)nc(N2CCCC(c3cccc(-n4ccnc4C)n3)C2)n1. The molecular weight excluding hydrogens is 324 g/mol. The summed E-state index contributed by atoms with van der Waals surface area (Å²) in [5, 5.41) is 0. The molecule has 0 bridgehead atoms. The first-order chi connectivity index (χ1) is 12.6. The van der Waals surface area contributed by atoms with Crippen LogP contribution in [-0.2, 0) is 0 Å². The maximum absolute atomic E-state index is 4.92. The van der Waals surface area contributed by atoms with Crippen molar-refractivity contribution in [2.45, 2.75) is 39.5 Å². The highest BCUT2D eigenvalue weighted by atomic mass is 15.3. The molecule has 26 heavy (non-hydrogen) atoms. The molecular formula is C20H24N6. The van der Waals surface area contributed by atoms with Crippen LogP contribution in [0.25, 0.3) is 5.82 Å². The Hall–Kier alpha value is -2.76. The molecule has 4 heterocycles. The number of nitrogens with zero attached hydrogens (tertiary/aromatic N) is 6. The van der Waals surface area contributed by atoms with Gasteiger partial charge in [0.25, 0.3) is 0 Å². The summed E-state index contributed by atoms with van der Waals surface area (Å²) < 4.78 is 2.02. The third-order valence-electron chi connectivity index (χ3n) is 4.92. The summed E-state index contributed by atoms with van der Waals surface area (Å²) in [6, 6.07) is 8.27. The van der Waals surface area contributed by atoms with Crippen LogP contribution in [0.15, 0.2) is 36.7 Å². The van der Waals surface area contributed by atoms with Gasteiger partial charge in [-0.1, -0.05) is 6.07 Å². The predicted molar refractivity (Wildman–Crippen MR) is 102 cm³/mol. The molecule has 4 rings (SSSR count). The monoisotopic (exact) mass is 348 g/mol. The Labute approximate surface area is 154 Å². The van der Waals surface area contributed by atoms with Gasteiger partial charge in [0.2, 0.25) is 5.95 Å². The Morgan fingerprint density at radius 2 is 1.85 bits per heavy atom. The number of imidazole rings is 1. The van der Waals surface area contributed by atoms with E-state index in [0.29, 0.717) is 5.92 Å².